The molecule has 2 aromatic carbocycles. The van der Waals surface area contributed by atoms with E-state index in [1.54, 1.807) is 7.11 Å². The van der Waals surface area contributed by atoms with Crippen LogP contribution < -0.4 is 5.32 Å². The zero-order valence-electron chi connectivity index (χ0n) is 23.2. The predicted molar refractivity (Wildman–Crippen MR) is 153 cm³/mol. The van der Waals surface area contributed by atoms with Gasteiger partial charge in [0.1, 0.15) is 23.8 Å². The number of amides is 1. The standard InChI is InChI=1S/C32H37N3O4/c1-31(2,3)39-30(36)34-32(18-8-19-32)25-13-11-23(12-14-25)28-29(24-9-6-5-7-10-24)35-20-17-26(38-22-21-37-4)15-16-27(35)33-28/h5-7,9-15,17,20H,8,16,18-19,21-22H2,1-4H3,(H,34,36). The fraction of sp³-hybridized carbons (Fsp3) is 0.375. The minimum Gasteiger partial charge on any atom is -0.491 e. The summed E-state index contributed by atoms with van der Waals surface area (Å²) >= 11 is 0. The van der Waals surface area contributed by atoms with Gasteiger partial charge in [-0.2, -0.15) is 0 Å². The van der Waals surface area contributed by atoms with Crippen LogP contribution in [0.25, 0.3) is 28.7 Å². The third kappa shape index (κ3) is 5.93. The smallest absolute Gasteiger partial charge is 0.408 e. The lowest BCUT2D eigenvalue weighted by molar-refractivity contribution is 0.0377. The molecule has 0 unspecified atom stereocenters. The van der Waals surface area contributed by atoms with E-state index in [-0.39, 0.29) is 11.6 Å². The first-order valence-corrected chi connectivity index (χ1v) is 13.6. The molecular formula is C32H37N3O4. The molecule has 1 aliphatic heterocycles. The Hall–Kier alpha value is -3.84. The first-order valence-electron chi connectivity index (χ1n) is 13.6. The Kier molecular flexibility index (Phi) is 7.62. The van der Waals surface area contributed by atoms with E-state index >= 15 is 0 Å². The third-order valence-electron chi connectivity index (χ3n) is 7.12. The van der Waals surface area contributed by atoms with Gasteiger partial charge in [0.05, 0.1) is 23.5 Å². The SMILES string of the molecule is COCCOC1=CCc2nc(-c3ccc(C4(NC(=O)OC(C)(C)C)CCC4)cc3)c(-c3ccccc3)n2C=C1. The van der Waals surface area contributed by atoms with Crippen molar-refractivity contribution in [1.82, 2.24) is 14.9 Å². The van der Waals surface area contributed by atoms with Crippen LogP contribution in [0.5, 0.6) is 0 Å². The largest absolute Gasteiger partial charge is 0.491 e. The summed E-state index contributed by atoms with van der Waals surface area (Å²) in [5.41, 5.74) is 4.24. The maximum atomic E-state index is 12.6. The average Bonchev–Trinajstić information content (AvgIpc) is 3.14. The van der Waals surface area contributed by atoms with E-state index in [9.17, 15) is 4.79 Å². The minimum absolute atomic E-state index is 0.374. The second kappa shape index (κ2) is 11.1. The first-order chi connectivity index (χ1) is 18.8. The summed E-state index contributed by atoms with van der Waals surface area (Å²) in [6.45, 7) is 6.69. The summed E-state index contributed by atoms with van der Waals surface area (Å²) in [7, 11) is 1.67. The molecule has 1 aliphatic carbocycles. The van der Waals surface area contributed by atoms with Crippen molar-refractivity contribution < 1.29 is 19.0 Å². The molecule has 1 aromatic heterocycles. The molecule has 0 spiro atoms. The quantitative estimate of drug-likeness (QED) is 0.330. The van der Waals surface area contributed by atoms with Gasteiger partial charge in [0.2, 0.25) is 0 Å². The molecule has 0 radical (unpaired) electrons. The molecule has 39 heavy (non-hydrogen) atoms. The van der Waals surface area contributed by atoms with Gasteiger partial charge in [0.25, 0.3) is 0 Å². The van der Waals surface area contributed by atoms with E-state index in [1.165, 1.54) is 0 Å². The van der Waals surface area contributed by atoms with Gasteiger partial charge in [-0.05, 0) is 57.7 Å². The van der Waals surface area contributed by atoms with E-state index in [1.807, 2.05) is 51.2 Å². The zero-order valence-corrected chi connectivity index (χ0v) is 23.2. The fourth-order valence-electron chi connectivity index (χ4n) is 5.08. The number of ether oxygens (including phenoxy) is 3. The second-order valence-electron chi connectivity index (χ2n) is 11.1. The highest BCUT2D eigenvalue weighted by molar-refractivity contribution is 5.81. The Labute approximate surface area is 230 Å². The summed E-state index contributed by atoms with van der Waals surface area (Å²) < 4.78 is 18.7. The normalized spacial score (nSPS) is 15.9. The number of carbonyl (C=O) groups is 1. The van der Waals surface area contributed by atoms with Crippen molar-refractivity contribution in [2.24, 2.45) is 0 Å². The highest BCUT2D eigenvalue weighted by atomic mass is 16.6. The fourth-order valence-corrected chi connectivity index (χ4v) is 5.08. The summed E-state index contributed by atoms with van der Waals surface area (Å²) in [6.07, 6.45) is 9.20. The van der Waals surface area contributed by atoms with Crippen molar-refractivity contribution in [1.29, 1.82) is 0 Å². The molecule has 3 aromatic rings. The van der Waals surface area contributed by atoms with Gasteiger partial charge < -0.3 is 24.1 Å². The molecule has 1 N–H and O–H groups in total. The minimum atomic E-state index is -0.535. The third-order valence-corrected chi connectivity index (χ3v) is 7.12. The Morgan fingerprint density at radius 3 is 2.41 bits per heavy atom. The van der Waals surface area contributed by atoms with Gasteiger partial charge in [-0.15, -0.1) is 0 Å². The van der Waals surface area contributed by atoms with Gasteiger partial charge in [0.15, 0.2) is 0 Å². The van der Waals surface area contributed by atoms with E-state index in [2.05, 4.69) is 52.4 Å². The van der Waals surface area contributed by atoms with E-state index in [0.717, 1.165) is 58.9 Å². The van der Waals surface area contributed by atoms with Gasteiger partial charge in [-0.25, -0.2) is 9.78 Å². The number of methoxy groups -OCH3 is 1. The average molecular weight is 528 g/mol. The number of alkyl carbamates (subject to hydrolysis) is 1. The lowest BCUT2D eigenvalue weighted by Gasteiger charge is -2.43. The van der Waals surface area contributed by atoms with Crippen LogP contribution in [0.15, 0.2) is 72.5 Å². The molecule has 7 heteroatoms. The Balaban J connectivity index is 1.45. The Bertz CT molecular complexity index is 1360. The first kappa shape index (κ1) is 26.8. The molecule has 0 atom stereocenters. The molecule has 2 heterocycles. The van der Waals surface area contributed by atoms with Crippen LogP contribution in [0.2, 0.25) is 0 Å². The van der Waals surface area contributed by atoms with Crippen molar-refractivity contribution in [3.63, 3.8) is 0 Å². The maximum Gasteiger partial charge on any atom is 0.408 e. The molecule has 2 aliphatic rings. The number of benzene rings is 2. The van der Waals surface area contributed by atoms with Crippen molar-refractivity contribution in [3.8, 4) is 22.5 Å². The van der Waals surface area contributed by atoms with Gasteiger partial charge in [0, 0.05) is 30.9 Å². The number of nitrogens with one attached hydrogen (secondary N) is 1. The molecule has 204 valence electrons. The molecule has 5 rings (SSSR count). The topological polar surface area (TPSA) is 74.6 Å². The lowest BCUT2D eigenvalue weighted by Crippen LogP contribution is -2.52. The van der Waals surface area contributed by atoms with Gasteiger partial charge >= 0.3 is 6.09 Å². The van der Waals surface area contributed by atoms with Crippen molar-refractivity contribution in [2.75, 3.05) is 20.3 Å². The Morgan fingerprint density at radius 2 is 1.77 bits per heavy atom. The number of allylic oxidation sites excluding steroid dienone is 2. The zero-order chi connectivity index (χ0) is 27.5. The number of hydrogen-bond donors (Lipinski definition) is 1. The van der Waals surface area contributed by atoms with E-state index in [0.29, 0.717) is 19.6 Å². The highest BCUT2D eigenvalue weighted by Gasteiger charge is 2.41. The van der Waals surface area contributed by atoms with Crippen LogP contribution in [0.1, 0.15) is 51.4 Å². The maximum absolute atomic E-state index is 12.6. The number of carbonyl (C=O) groups excluding carboxylic acids is 1. The molecule has 1 amide bonds. The van der Waals surface area contributed by atoms with Crippen molar-refractivity contribution >= 4 is 12.3 Å². The van der Waals surface area contributed by atoms with Crippen LogP contribution in [0.3, 0.4) is 0 Å². The van der Waals surface area contributed by atoms with Crippen LogP contribution in [-0.4, -0.2) is 41.6 Å². The number of nitrogens with zero attached hydrogens (tertiary/aromatic N) is 2. The van der Waals surface area contributed by atoms with E-state index < -0.39 is 5.60 Å². The van der Waals surface area contributed by atoms with E-state index in [4.69, 9.17) is 19.2 Å². The molecule has 1 saturated carbocycles. The van der Waals surface area contributed by atoms with Crippen LogP contribution >= 0.6 is 0 Å². The number of hydrogen-bond acceptors (Lipinski definition) is 5. The molecular weight excluding hydrogens is 490 g/mol. The second-order valence-corrected chi connectivity index (χ2v) is 11.1. The monoisotopic (exact) mass is 527 g/mol. The summed E-state index contributed by atoms with van der Waals surface area (Å²) in [5, 5.41) is 3.15. The number of rotatable bonds is 8. The molecule has 0 saturated heterocycles. The van der Waals surface area contributed by atoms with Gasteiger partial charge in [-0.1, -0.05) is 54.6 Å². The molecule has 1 fully saturated rings. The lowest BCUT2D eigenvalue weighted by atomic mass is 9.71. The number of imidazole rings is 1. The van der Waals surface area contributed by atoms with Crippen LogP contribution in [-0.2, 0) is 26.2 Å². The van der Waals surface area contributed by atoms with Crippen LogP contribution in [0.4, 0.5) is 4.79 Å². The summed E-state index contributed by atoms with van der Waals surface area (Å²) in [5.74, 6) is 1.75. The van der Waals surface area contributed by atoms with Gasteiger partial charge in [-0.3, -0.25) is 0 Å². The predicted octanol–water partition coefficient (Wildman–Crippen LogP) is 6.69. The summed E-state index contributed by atoms with van der Waals surface area (Å²) in [6, 6.07) is 18.8. The van der Waals surface area contributed by atoms with Crippen molar-refractivity contribution in [2.45, 2.75) is 57.6 Å². The summed E-state index contributed by atoms with van der Waals surface area (Å²) in [4.78, 5) is 17.7. The number of fused-ring (bicyclic) bond motifs is 1. The molecule has 0 bridgehead atoms. The highest BCUT2D eigenvalue weighted by Crippen LogP contribution is 2.42. The molecule has 7 nitrogen and oxygen atoms in total. The number of aromatic nitrogens is 2. The van der Waals surface area contributed by atoms with Crippen LogP contribution in [0, 0.1) is 0 Å². The Morgan fingerprint density at radius 1 is 1.03 bits per heavy atom. The van der Waals surface area contributed by atoms with Crippen molar-refractivity contribution in [3.05, 3.63) is 83.9 Å².